The van der Waals surface area contributed by atoms with Crippen molar-refractivity contribution in [1.29, 1.82) is 0 Å². The first-order valence-corrected chi connectivity index (χ1v) is 25.4. The first kappa shape index (κ1) is 55.4. The second-order valence-electron chi connectivity index (χ2n) is 17.9. The van der Waals surface area contributed by atoms with Crippen molar-refractivity contribution in [3.63, 3.8) is 0 Å². The summed E-state index contributed by atoms with van der Waals surface area (Å²) < 4.78 is 16.8. The molecule has 57 heavy (non-hydrogen) atoms. The van der Waals surface area contributed by atoms with Gasteiger partial charge in [0.25, 0.3) is 0 Å². The third-order valence-electron chi connectivity index (χ3n) is 11.5. The predicted octanol–water partition coefficient (Wildman–Crippen LogP) is 16.3. The fraction of sp³-hybridized carbons (Fsp3) is 0.941. The van der Waals surface area contributed by atoms with E-state index in [0.29, 0.717) is 19.3 Å². The SMILES string of the molecule is CCCCCCCCCCCCCCC(=O)OC[C@H](COC(=O)CCCCCCCCCCCCCCCCCC(C)C)OC(=O)CCCCCCCCCCC. The number of unbranched alkanes of at least 4 members (excludes halogenated alkanes) is 33. The second-order valence-corrected chi connectivity index (χ2v) is 17.9. The number of carbonyl (C=O) groups excluding carboxylic acids is 3. The Morgan fingerprint density at radius 3 is 0.860 bits per heavy atom. The molecule has 0 aliphatic carbocycles. The third-order valence-corrected chi connectivity index (χ3v) is 11.5. The number of hydrogen-bond donors (Lipinski definition) is 0. The average Bonchev–Trinajstić information content (AvgIpc) is 3.19. The average molecular weight is 807 g/mol. The van der Waals surface area contributed by atoms with Gasteiger partial charge in [0, 0.05) is 19.3 Å². The van der Waals surface area contributed by atoms with E-state index < -0.39 is 6.10 Å². The number of hydrogen-bond acceptors (Lipinski definition) is 6. The Bertz CT molecular complexity index is 857. The topological polar surface area (TPSA) is 78.9 Å². The lowest BCUT2D eigenvalue weighted by atomic mass is 10.0. The molecule has 6 heteroatoms. The van der Waals surface area contributed by atoms with Gasteiger partial charge in [0.2, 0.25) is 0 Å². The van der Waals surface area contributed by atoms with Gasteiger partial charge >= 0.3 is 17.9 Å². The first-order chi connectivity index (χ1) is 27.9. The minimum absolute atomic E-state index is 0.0630. The van der Waals surface area contributed by atoms with Crippen LogP contribution in [0.3, 0.4) is 0 Å². The van der Waals surface area contributed by atoms with Gasteiger partial charge in [0.1, 0.15) is 13.2 Å². The zero-order chi connectivity index (χ0) is 41.7. The van der Waals surface area contributed by atoms with Gasteiger partial charge in [-0.05, 0) is 25.2 Å². The van der Waals surface area contributed by atoms with Gasteiger partial charge in [-0.3, -0.25) is 14.4 Å². The van der Waals surface area contributed by atoms with Crippen LogP contribution in [0.1, 0.15) is 285 Å². The Labute approximate surface area is 355 Å². The molecule has 1 atom stereocenters. The molecule has 0 aromatic carbocycles. The molecule has 0 aromatic heterocycles. The Balaban J connectivity index is 4.21. The van der Waals surface area contributed by atoms with Crippen molar-refractivity contribution in [3.8, 4) is 0 Å². The minimum atomic E-state index is -0.759. The molecule has 0 N–H and O–H groups in total. The Morgan fingerprint density at radius 1 is 0.333 bits per heavy atom. The van der Waals surface area contributed by atoms with E-state index in [1.54, 1.807) is 0 Å². The van der Waals surface area contributed by atoms with E-state index in [4.69, 9.17) is 14.2 Å². The molecule has 0 unspecified atom stereocenters. The van der Waals surface area contributed by atoms with E-state index in [-0.39, 0.29) is 31.1 Å². The van der Waals surface area contributed by atoms with Crippen molar-refractivity contribution < 1.29 is 28.6 Å². The van der Waals surface area contributed by atoms with Crippen LogP contribution in [0.25, 0.3) is 0 Å². The molecule has 0 saturated heterocycles. The number of carbonyl (C=O) groups is 3. The molecule has 0 rings (SSSR count). The molecule has 0 aromatic rings. The van der Waals surface area contributed by atoms with Gasteiger partial charge in [-0.15, -0.1) is 0 Å². The molecular weight excluding hydrogens is 709 g/mol. The van der Waals surface area contributed by atoms with Gasteiger partial charge in [-0.1, -0.05) is 246 Å². The second kappa shape index (κ2) is 45.5. The fourth-order valence-corrected chi connectivity index (χ4v) is 7.69. The highest BCUT2D eigenvalue weighted by Crippen LogP contribution is 2.17. The van der Waals surface area contributed by atoms with Crippen molar-refractivity contribution in [1.82, 2.24) is 0 Å². The lowest BCUT2D eigenvalue weighted by Gasteiger charge is -2.18. The monoisotopic (exact) mass is 807 g/mol. The maximum atomic E-state index is 12.7. The third kappa shape index (κ3) is 45.3. The molecule has 0 heterocycles. The van der Waals surface area contributed by atoms with E-state index in [1.807, 2.05) is 0 Å². The van der Waals surface area contributed by atoms with Crippen LogP contribution in [0.2, 0.25) is 0 Å². The largest absolute Gasteiger partial charge is 0.462 e. The molecule has 0 radical (unpaired) electrons. The lowest BCUT2D eigenvalue weighted by Crippen LogP contribution is -2.30. The molecule has 338 valence electrons. The van der Waals surface area contributed by atoms with Crippen LogP contribution >= 0.6 is 0 Å². The van der Waals surface area contributed by atoms with Crippen molar-refractivity contribution in [2.75, 3.05) is 13.2 Å². The zero-order valence-electron chi connectivity index (χ0n) is 38.8. The van der Waals surface area contributed by atoms with Gasteiger partial charge in [0.05, 0.1) is 0 Å². The zero-order valence-corrected chi connectivity index (χ0v) is 38.8. The van der Waals surface area contributed by atoms with Gasteiger partial charge in [-0.25, -0.2) is 0 Å². The molecule has 0 fully saturated rings. The van der Waals surface area contributed by atoms with E-state index >= 15 is 0 Å². The summed E-state index contributed by atoms with van der Waals surface area (Å²) in [5.74, 6) is 0.000511. The standard InChI is InChI=1S/C51H98O6/c1-5-7-9-11-13-15-16-23-27-30-34-38-42-49(52)55-45-48(57-51(54)44-40-36-32-25-14-12-10-8-6-2)46-56-50(53)43-39-35-31-28-24-21-19-17-18-20-22-26-29-33-37-41-47(3)4/h47-48H,5-46H2,1-4H3/t48-/m1/s1. The summed E-state index contributed by atoms with van der Waals surface area (Å²) in [6.45, 7) is 9.01. The summed E-state index contributed by atoms with van der Waals surface area (Å²) in [5.41, 5.74) is 0. The van der Waals surface area contributed by atoms with Gasteiger partial charge < -0.3 is 14.2 Å². The lowest BCUT2D eigenvalue weighted by molar-refractivity contribution is -0.167. The molecule has 0 spiro atoms. The van der Waals surface area contributed by atoms with Crippen LogP contribution in [0.15, 0.2) is 0 Å². The molecule has 0 amide bonds. The number of rotatable bonds is 46. The van der Waals surface area contributed by atoms with Crippen molar-refractivity contribution in [2.45, 2.75) is 291 Å². The maximum absolute atomic E-state index is 12.7. The van der Waals surface area contributed by atoms with E-state index in [2.05, 4.69) is 27.7 Å². The van der Waals surface area contributed by atoms with Crippen LogP contribution in [0.5, 0.6) is 0 Å². The maximum Gasteiger partial charge on any atom is 0.306 e. The van der Waals surface area contributed by atoms with Crippen LogP contribution in [-0.2, 0) is 28.6 Å². The normalized spacial score (nSPS) is 11.9. The van der Waals surface area contributed by atoms with Crippen LogP contribution in [-0.4, -0.2) is 37.2 Å². The van der Waals surface area contributed by atoms with Gasteiger partial charge in [0.15, 0.2) is 6.10 Å². The summed E-state index contributed by atoms with van der Waals surface area (Å²) in [6.07, 6.45) is 46.6. The van der Waals surface area contributed by atoms with Crippen molar-refractivity contribution in [3.05, 3.63) is 0 Å². The summed E-state index contributed by atoms with van der Waals surface area (Å²) in [4.78, 5) is 37.8. The highest BCUT2D eigenvalue weighted by Gasteiger charge is 2.19. The Kier molecular flexibility index (Phi) is 44.2. The highest BCUT2D eigenvalue weighted by atomic mass is 16.6. The van der Waals surface area contributed by atoms with Gasteiger partial charge in [-0.2, -0.15) is 0 Å². The number of ether oxygens (including phenoxy) is 3. The van der Waals surface area contributed by atoms with Crippen LogP contribution in [0, 0.1) is 5.92 Å². The summed E-state index contributed by atoms with van der Waals surface area (Å²) >= 11 is 0. The van der Waals surface area contributed by atoms with Crippen LogP contribution in [0.4, 0.5) is 0 Å². The molecular formula is C51H98O6. The molecule has 0 bridgehead atoms. The quantitative estimate of drug-likeness (QED) is 0.0346. The number of esters is 3. The summed E-state index contributed by atoms with van der Waals surface area (Å²) in [5, 5.41) is 0. The Hall–Kier alpha value is -1.59. The first-order valence-electron chi connectivity index (χ1n) is 25.4. The van der Waals surface area contributed by atoms with Crippen LogP contribution < -0.4 is 0 Å². The minimum Gasteiger partial charge on any atom is -0.462 e. The highest BCUT2D eigenvalue weighted by molar-refractivity contribution is 5.71. The molecule has 0 aliphatic rings. The van der Waals surface area contributed by atoms with E-state index in [9.17, 15) is 14.4 Å². The molecule has 0 saturated carbocycles. The van der Waals surface area contributed by atoms with E-state index in [1.165, 1.54) is 180 Å². The fourth-order valence-electron chi connectivity index (χ4n) is 7.69. The Morgan fingerprint density at radius 2 is 0.579 bits per heavy atom. The molecule has 6 nitrogen and oxygen atoms in total. The smallest absolute Gasteiger partial charge is 0.306 e. The predicted molar refractivity (Wildman–Crippen MR) is 243 cm³/mol. The van der Waals surface area contributed by atoms with Crippen molar-refractivity contribution in [2.24, 2.45) is 5.92 Å². The van der Waals surface area contributed by atoms with E-state index in [0.717, 1.165) is 63.7 Å². The molecule has 0 aliphatic heterocycles. The van der Waals surface area contributed by atoms with Crippen molar-refractivity contribution >= 4 is 17.9 Å². The summed E-state index contributed by atoms with van der Waals surface area (Å²) in [7, 11) is 0. The summed E-state index contributed by atoms with van der Waals surface area (Å²) in [6, 6.07) is 0.